The Hall–Kier alpha value is -3.39. The van der Waals surface area contributed by atoms with Crippen LogP contribution in [0.1, 0.15) is 47.4 Å². The van der Waals surface area contributed by atoms with Gasteiger partial charge in [0.1, 0.15) is 5.75 Å². The van der Waals surface area contributed by atoms with Crippen LogP contribution in [0.5, 0.6) is 5.75 Å². The van der Waals surface area contributed by atoms with E-state index in [1.807, 2.05) is 4.90 Å². The highest BCUT2D eigenvalue weighted by molar-refractivity contribution is 5.95. The molecule has 0 aliphatic carbocycles. The second-order valence-electron chi connectivity index (χ2n) is 7.96. The van der Waals surface area contributed by atoms with Crippen LogP contribution in [0.4, 0.5) is 5.69 Å². The second-order valence-corrected chi connectivity index (χ2v) is 7.96. The first kappa shape index (κ1) is 23.3. The number of aliphatic imine (C=N–C) groups is 1. The smallest absolute Gasteiger partial charge is 0.343 e. The average molecular weight is 438 g/mol. The molecule has 1 fully saturated rings. The SMILES string of the molecule is CCCC(C)N1CCN(C(=O)c2ccc(OC(=O)c3ccc(N=C(N)N)cc3)cc2)CC1. The lowest BCUT2D eigenvalue weighted by Crippen LogP contribution is -2.51. The molecule has 0 aromatic heterocycles. The molecule has 0 radical (unpaired) electrons. The van der Waals surface area contributed by atoms with Crippen molar-refractivity contribution in [3.63, 3.8) is 0 Å². The maximum absolute atomic E-state index is 12.8. The van der Waals surface area contributed by atoms with E-state index in [0.29, 0.717) is 28.6 Å². The molecule has 0 bridgehead atoms. The summed E-state index contributed by atoms with van der Waals surface area (Å²) in [6.07, 6.45) is 2.34. The number of piperazine rings is 1. The van der Waals surface area contributed by atoms with Gasteiger partial charge >= 0.3 is 5.97 Å². The number of carbonyl (C=O) groups is 2. The Labute approximate surface area is 188 Å². The largest absolute Gasteiger partial charge is 0.423 e. The average Bonchev–Trinajstić information content (AvgIpc) is 2.79. The Morgan fingerprint density at radius 3 is 2.12 bits per heavy atom. The van der Waals surface area contributed by atoms with Crippen molar-refractivity contribution in [2.45, 2.75) is 32.7 Å². The molecule has 2 aromatic rings. The van der Waals surface area contributed by atoms with Crippen molar-refractivity contribution in [1.82, 2.24) is 9.80 Å². The third kappa shape index (κ3) is 6.07. The molecule has 0 saturated carbocycles. The third-order valence-corrected chi connectivity index (χ3v) is 5.60. The zero-order chi connectivity index (χ0) is 23.1. The van der Waals surface area contributed by atoms with Gasteiger partial charge in [-0.3, -0.25) is 9.69 Å². The zero-order valence-corrected chi connectivity index (χ0v) is 18.7. The number of rotatable bonds is 7. The van der Waals surface area contributed by atoms with Gasteiger partial charge in [0.15, 0.2) is 5.96 Å². The van der Waals surface area contributed by atoms with Crippen molar-refractivity contribution in [2.75, 3.05) is 26.2 Å². The van der Waals surface area contributed by atoms with E-state index >= 15 is 0 Å². The summed E-state index contributed by atoms with van der Waals surface area (Å²) in [6.45, 7) is 7.68. The first-order valence-corrected chi connectivity index (χ1v) is 10.9. The van der Waals surface area contributed by atoms with Gasteiger partial charge in [0, 0.05) is 37.8 Å². The van der Waals surface area contributed by atoms with E-state index in [4.69, 9.17) is 16.2 Å². The fourth-order valence-electron chi connectivity index (χ4n) is 3.80. The number of esters is 1. The number of carbonyl (C=O) groups excluding carboxylic acids is 2. The molecule has 2 aromatic carbocycles. The Kier molecular flexibility index (Phi) is 7.83. The van der Waals surface area contributed by atoms with Gasteiger partial charge in [-0.15, -0.1) is 0 Å². The molecule has 4 N–H and O–H groups in total. The van der Waals surface area contributed by atoms with E-state index in [1.165, 1.54) is 12.8 Å². The molecule has 1 aliphatic rings. The molecule has 1 heterocycles. The van der Waals surface area contributed by atoms with Gasteiger partial charge < -0.3 is 21.1 Å². The van der Waals surface area contributed by atoms with Crippen LogP contribution in [-0.4, -0.2) is 59.9 Å². The van der Waals surface area contributed by atoms with Crippen LogP contribution in [0.2, 0.25) is 0 Å². The van der Waals surface area contributed by atoms with Crippen molar-refractivity contribution in [2.24, 2.45) is 16.5 Å². The molecule has 1 amide bonds. The fraction of sp³-hybridized carbons (Fsp3) is 0.375. The first-order valence-electron chi connectivity index (χ1n) is 10.9. The molecule has 8 heteroatoms. The first-order chi connectivity index (χ1) is 15.4. The van der Waals surface area contributed by atoms with Gasteiger partial charge in [0.2, 0.25) is 0 Å². The van der Waals surface area contributed by atoms with Gasteiger partial charge in [-0.25, -0.2) is 9.79 Å². The van der Waals surface area contributed by atoms with Gasteiger partial charge in [-0.05, 0) is 61.9 Å². The lowest BCUT2D eigenvalue weighted by Gasteiger charge is -2.38. The highest BCUT2D eigenvalue weighted by Crippen LogP contribution is 2.19. The molecule has 3 rings (SSSR count). The topological polar surface area (TPSA) is 114 Å². The quantitative estimate of drug-likeness (QED) is 0.298. The lowest BCUT2D eigenvalue weighted by molar-refractivity contribution is 0.0575. The summed E-state index contributed by atoms with van der Waals surface area (Å²) in [5, 5.41) is 0. The Morgan fingerprint density at radius 1 is 0.969 bits per heavy atom. The Balaban J connectivity index is 1.55. The highest BCUT2D eigenvalue weighted by Gasteiger charge is 2.24. The summed E-state index contributed by atoms with van der Waals surface area (Å²) in [7, 11) is 0. The number of benzene rings is 2. The minimum absolute atomic E-state index is 0.000918. The number of hydrogen-bond donors (Lipinski definition) is 2. The molecule has 1 unspecified atom stereocenters. The van der Waals surface area contributed by atoms with Crippen molar-refractivity contribution >= 4 is 23.5 Å². The summed E-state index contributed by atoms with van der Waals surface area (Å²) >= 11 is 0. The number of nitrogens with two attached hydrogens (primary N) is 2. The molecule has 1 saturated heterocycles. The van der Waals surface area contributed by atoms with E-state index in [1.54, 1.807) is 48.5 Å². The van der Waals surface area contributed by atoms with Crippen molar-refractivity contribution in [3.8, 4) is 5.75 Å². The van der Waals surface area contributed by atoms with E-state index < -0.39 is 5.97 Å². The van der Waals surface area contributed by atoms with Gasteiger partial charge in [0.25, 0.3) is 5.91 Å². The summed E-state index contributed by atoms with van der Waals surface area (Å²) in [5.41, 5.74) is 12.2. The van der Waals surface area contributed by atoms with E-state index in [0.717, 1.165) is 26.2 Å². The van der Waals surface area contributed by atoms with Gasteiger partial charge in [0.05, 0.1) is 11.3 Å². The number of nitrogens with zero attached hydrogens (tertiary/aromatic N) is 3. The Morgan fingerprint density at radius 2 is 1.56 bits per heavy atom. The second kappa shape index (κ2) is 10.8. The van der Waals surface area contributed by atoms with Crippen LogP contribution in [0.3, 0.4) is 0 Å². The van der Waals surface area contributed by atoms with Crippen LogP contribution < -0.4 is 16.2 Å². The predicted molar refractivity (Wildman–Crippen MR) is 125 cm³/mol. The molecular weight excluding hydrogens is 406 g/mol. The standard InChI is InChI=1S/C24H31N5O3/c1-3-4-17(2)28-13-15-29(16-14-28)22(30)18-7-11-21(12-8-18)32-23(31)19-5-9-20(10-6-19)27-24(25)26/h5-12,17H,3-4,13-16H2,1-2H3,(H4,25,26,27). The summed E-state index contributed by atoms with van der Waals surface area (Å²) in [4.78, 5) is 33.4. The van der Waals surface area contributed by atoms with Crippen molar-refractivity contribution < 1.29 is 14.3 Å². The number of hydrogen-bond acceptors (Lipinski definition) is 5. The van der Waals surface area contributed by atoms with Crippen LogP contribution in [0, 0.1) is 0 Å². The molecule has 8 nitrogen and oxygen atoms in total. The zero-order valence-electron chi connectivity index (χ0n) is 18.7. The molecule has 170 valence electrons. The molecule has 0 spiro atoms. The minimum atomic E-state index is -0.502. The van der Waals surface area contributed by atoms with Crippen molar-refractivity contribution in [3.05, 3.63) is 59.7 Å². The van der Waals surface area contributed by atoms with E-state index in [9.17, 15) is 9.59 Å². The molecule has 1 aliphatic heterocycles. The predicted octanol–water partition coefficient (Wildman–Crippen LogP) is 2.76. The molecular formula is C24H31N5O3. The lowest BCUT2D eigenvalue weighted by atomic mass is 10.1. The minimum Gasteiger partial charge on any atom is -0.423 e. The normalized spacial score (nSPS) is 15.1. The van der Waals surface area contributed by atoms with Crippen LogP contribution >= 0.6 is 0 Å². The van der Waals surface area contributed by atoms with Crippen LogP contribution in [0.25, 0.3) is 0 Å². The van der Waals surface area contributed by atoms with Gasteiger partial charge in [-0.1, -0.05) is 13.3 Å². The third-order valence-electron chi connectivity index (χ3n) is 5.60. The Bertz CT molecular complexity index is 945. The number of guanidine groups is 1. The maximum Gasteiger partial charge on any atom is 0.343 e. The van der Waals surface area contributed by atoms with E-state index in [-0.39, 0.29) is 11.9 Å². The molecule has 32 heavy (non-hydrogen) atoms. The number of ether oxygens (including phenoxy) is 1. The highest BCUT2D eigenvalue weighted by atomic mass is 16.5. The van der Waals surface area contributed by atoms with Gasteiger partial charge in [-0.2, -0.15) is 0 Å². The molecule has 1 atom stereocenters. The maximum atomic E-state index is 12.8. The van der Waals surface area contributed by atoms with E-state index in [2.05, 4.69) is 23.7 Å². The number of amides is 1. The van der Waals surface area contributed by atoms with Crippen molar-refractivity contribution in [1.29, 1.82) is 0 Å². The summed E-state index contributed by atoms with van der Waals surface area (Å²) in [6, 6.07) is 13.6. The van der Waals surface area contributed by atoms with Crippen LogP contribution in [0.15, 0.2) is 53.5 Å². The summed E-state index contributed by atoms with van der Waals surface area (Å²) in [5.74, 6) is -0.181. The van der Waals surface area contributed by atoms with Crippen LogP contribution in [-0.2, 0) is 0 Å². The fourth-order valence-corrected chi connectivity index (χ4v) is 3.80. The monoisotopic (exact) mass is 437 g/mol. The summed E-state index contributed by atoms with van der Waals surface area (Å²) < 4.78 is 5.41.